The highest BCUT2D eigenvalue weighted by atomic mass is 16.5. The lowest BCUT2D eigenvalue weighted by Crippen LogP contribution is -2.10. The minimum Gasteiger partial charge on any atom is -0.361 e. The van der Waals surface area contributed by atoms with E-state index in [0.717, 1.165) is 24.5 Å². The summed E-state index contributed by atoms with van der Waals surface area (Å²) in [4.78, 5) is 0. The third-order valence-electron chi connectivity index (χ3n) is 2.50. The monoisotopic (exact) mass is 151 g/mol. The number of aryl methyl sites for hydroxylation is 1. The first-order valence-corrected chi connectivity index (χ1v) is 4.21. The van der Waals surface area contributed by atoms with Crippen LogP contribution in [-0.4, -0.2) is 5.16 Å². The molecular weight excluding hydrogens is 138 g/mol. The average molecular weight is 151 g/mol. The van der Waals surface area contributed by atoms with Crippen molar-refractivity contribution in [3.8, 4) is 0 Å². The fraction of sp³-hybridized carbons (Fsp3) is 0.667. The van der Waals surface area contributed by atoms with E-state index in [1.165, 1.54) is 17.7 Å². The van der Waals surface area contributed by atoms with E-state index in [2.05, 4.69) is 12.1 Å². The predicted molar refractivity (Wildman–Crippen MR) is 42.4 cm³/mol. The van der Waals surface area contributed by atoms with E-state index in [4.69, 9.17) is 4.52 Å². The first-order chi connectivity index (χ1) is 5.27. The van der Waals surface area contributed by atoms with Gasteiger partial charge < -0.3 is 4.52 Å². The maximum atomic E-state index is 5.12. The van der Waals surface area contributed by atoms with Gasteiger partial charge in [-0.2, -0.15) is 0 Å². The molecule has 1 unspecified atom stereocenters. The highest BCUT2D eigenvalue weighted by molar-refractivity contribution is 5.24. The molecule has 0 saturated carbocycles. The molecule has 11 heavy (non-hydrogen) atoms. The number of aromatic nitrogens is 1. The molecule has 1 aliphatic rings. The summed E-state index contributed by atoms with van der Waals surface area (Å²) in [6.45, 7) is 4.27. The molecule has 60 valence electrons. The molecule has 2 heteroatoms. The van der Waals surface area contributed by atoms with Crippen molar-refractivity contribution < 1.29 is 4.52 Å². The fourth-order valence-corrected chi connectivity index (χ4v) is 1.74. The Morgan fingerprint density at radius 3 is 3.18 bits per heavy atom. The number of hydrogen-bond acceptors (Lipinski definition) is 2. The summed E-state index contributed by atoms with van der Waals surface area (Å²) >= 11 is 0. The van der Waals surface area contributed by atoms with E-state index in [-0.39, 0.29) is 0 Å². The molecule has 0 fully saturated rings. The van der Waals surface area contributed by atoms with E-state index in [9.17, 15) is 0 Å². The van der Waals surface area contributed by atoms with E-state index in [1.807, 2.05) is 6.92 Å². The van der Waals surface area contributed by atoms with Crippen LogP contribution in [0.4, 0.5) is 0 Å². The van der Waals surface area contributed by atoms with E-state index >= 15 is 0 Å². The molecule has 0 aliphatic heterocycles. The van der Waals surface area contributed by atoms with Crippen molar-refractivity contribution in [2.24, 2.45) is 5.92 Å². The highest BCUT2D eigenvalue weighted by Crippen LogP contribution is 2.26. The van der Waals surface area contributed by atoms with Gasteiger partial charge in [-0.05, 0) is 32.1 Å². The van der Waals surface area contributed by atoms with Gasteiger partial charge in [-0.25, -0.2) is 0 Å². The summed E-state index contributed by atoms with van der Waals surface area (Å²) in [7, 11) is 0. The zero-order valence-corrected chi connectivity index (χ0v) is 7.05. The lowest BCUT2D eigenvalue weighted by molar-refractivity contribution is 0.386. The number of hydrogen-bond donors (Lipinski definition) is 0. The molecule has 0 N–H and O–H groups in total. The largest absolute Gasteiger partial charge is 0.361 e. The van der Waals surface area contributed by atoms with Crippen molar-refractivity contribution in [2.75, 3.05) is 0 Å². The van der Waals surface area contributed by atoms with Gasteiger partial charge in [0.2, 0.25) is 0 Å². The van der Waals surface area contributed by atoms with Gasteiger partial charge in [0.05, 0.1) is 5.69 Å². The SMILES string of the molecule is Cc1onc2c1CCC(C)C2. The van der Waals surface area contributed by atoms with Gasteiger partial charge >= 0.3 is 0 Å². The summed E-state index contributed by atoms with van der Waals surface area (Å²) in [6.07, 6.45) is 3.55. The highest BCUT2D eigenvalue weighted by Gasteiger charge is 2.20. The Morgan fingerprint density at radius 1 is 1.55 bits per heavy atom. The van der Waals surface area contributed by atoms with Crippen molar-refractivity contribution in [1.82, 2.24) is 5.16 Å². The van der Waals surface area contributed by atoms with Gasteiger partial charge in [-0.1, -0.05) is 12.1 Å². The standard InChI is InChI=1S/C9H13NO/c1-6-3-4-8-7(2)11-10-9(8)5-6/h6H,3-5H2,1-2H3. The maximum Gasteiger partial charge on any atom is 0.137 e. The smallest absolute Gasteiger partial charge is 0.137 e. The quantitative estimate of drug-likeness (QED) is 0.567. The average Bonchev–Trinajstić information content (AvgIpc) is 2.32. The molecule has 1 aliphatic carbocycles. The number of rotatable bonds is 0. The molecule has 2 rings (SSSR count). The molecule has 0 amide bonds. The van der Waals surface area contributed by atoms with Crippen LogP contribution in [0, 0.1) is 12.8 Å². The Balaban J connectivity index is 2.36. The second-order valence-electron chi connectivity index (χ2n) is 3.51. The molecule has 0 aromatic carbocycles. The van der Waals surface area contributed by atoms with Gasteiger partial charge in [0, 0.05) is 5.56 Å². The molecule has 0 radical (unpaired) electrons. The first-order valence-electron chi connectivity index (χ1n) is 4.21. The molecular formula is C9H13NO. The first kappa shape index (κ1) is 6.89. The van der Waals surface area contributed by atoms with Crippen molar-refractivity contribution >= 4 is 0 Å². The van der Waals surface area contributed by atoms with Crippen LogP contribution in [-0.2, 0) is 12.8 Å². The van der Waals surface area contributed by atoms with E-state index < -0.39 is 0 Å². The molecule has 0 saturated heterocycles. The Kier molecular flexibility index (Phi) is 1.48. The van der Waals surface area contributed by atoms with Gasteiger partial charge in [-0.15, -0.1) is 0 Å². The van der Waals surface area contributed by atoms with Crippen molar-refractivity contribution in [3.05, 3.63) is 17.0 Å². The van der Waals surface area contributed by atoms with Gasteiger partial charge in [-0.3, -0.25) is 0 Å². The molecule has 1 atom stereocenters. The van der Waals surface area contributed by atoms with Crippen LogP contribution in [0.5, 0.6) is 0 Å². The lowest BCUT2D eigenvalue weighted by atomic mass is 9.88. The third kappa shape index (κ3) is 1.06. The van der Waals surface area contributed by atoms with E-state index in [1.54, 1.807) is 0 Å². The molecule has 0 bridgehead atoms. The van der Waals surface area contributed by atoms with Crippen molar-refractivity contribution in [2.45, 2.75) is 33.1 Å². The second kappa shape index (κ2) is 2.36. The van der Waals surface area contributed by atoms with Crippen LogP contribution >= 0.6 is 0 Å². The Hall–Kier alpha value is -0.790. The van der Waals surface area contributed by atoms with Crippen LogP contribution in [0.15, 0.2) is 4.52 Å². The number of nitrogens with zero attached hydrogens (tertiary/aromatic N) is 1. The summed E-state index contributed by atoms with van der Waals surface area (Å²) in [6, 6.07) is 0. The Morgan fingerprint density at radius 2 is 2.36 bits per heavy atom. The van der Waals surface area contributed by atoms with Crippen molar-refractivity contribution in [3.63, 3.8) is 0 Å². The van der Waals surface area contributed by atoms with Gasteiger partial charge in [0.15, 0.2) is 0 Å². The summed E-state index contributed by atoms with van der Waals surface area (Å²) in [5.41, 5.74) is 2.56. The molecule has 1 aromatic heterocycles. The second-order valence-corrected chi connectivity index (χ2v) is 3.51. The lowest BCUT2D eigenvalue weighted by Gasteiger charge is -2.15. The predicted octanol–water partition coefficient (Wildman–Crippen LogP) is 2.11. The Bertz CT molecular complexity index is 265. The summed E-state index contributed by atoms with van der Waals surface area (Å²) < 4.78 is 5.12. The van der Waals surface area contributed by atoms with Gasteiger partial charge in [0.1, 0.15) is 5.76 Å². The summed E-state index contributed by atoms with van der Waals surface area (Å²) in [5, 5.41) is 4.03. The van der Waals surface area contributed by atoms with Crippen LogP contribution in [0.25, 0.3) is 0 Å². The van der Waals surface area contributed by atoms with Crippen LogP contribution in [0.1, 0.15) is 30.4 Å². The van der Waals surface area contributed by atoms with E-state index in [0.29, 0.717) is 0 Å². The minimum atomic E-state index is 0.784. The topological polar surface area (TPSA) is 26.0 Å². The minimum absolute atomic E-state index is 0.784. The fourth-order valence-electron chi connectivity index (χ4n) is 1.74. The maximum absolute atomic E-state index is 5.12. The molecule has 1 heterocycles. The van der Waals surface area contributed by atoms with Crippen LogP contribution in [0.3, 0.4) is 0 Å². The molecule has 0 spiro atoms. The van der Waals surface area contributed by atoms with Crippen LogP contribution in [0.2, 0.25) is 0 Å². The molecule has 1 aromatic rings. The zero-order chi connectivity index (χ0) is 7.84. The van der Waals surface area contributed by atoms with Gasteiger partial charge in [0.25, 0.3) is 0 Å². The summed E-state index contributed by atoms with van der Waals surface area (Å²) in [5.74, 6) is 1.80. The zero-order valence-electron chi connectivity index (χ0n) is 7.05. The normalized spacial score (nSPS) is 23.3. The third-order valence-corrected chi connectivity index (χ3v) is 2.50. The number of fused-ring (bicyclic) bond motifs is 1. The van der Waals surface area contributed by atoms with Crippen molar-refractivity contribution in [1.29, 1.82) is 0 Å². The Labute approximate surface area is 66.6 Å². The molecule has 2 nitrogen and oxygen atoms in total. The van der Waals surface area contributed by atoms with Crippen LogP contribution < -0.4 is 0 Å².